The molecule has 96 valence electrons. The van der Waals surface area contributed by atoms with Crippen LogP contribution in [0.5, 0.6) is 0 Å². The molecule has 2 N–H and O–H groups in total. The van der Waals surface area contributed by atoms with Gasteiger partial charge in [0.25, 0.3) is 5.91 Å². The minimum atomic E-state index is -1.07. The third kappa shape index (κ3) is 3.12. The zero-order chi connectivity index (χ0) is 13.8. The quantitative estimate of drug-likeness (QED) is 0.886. The lowest BCUT2D eigenvalue weighted by atomic mass is 10.1. The first-order valence-corrected chi connectivity index (χ1v) is 5.31. The Kier molecular flexibility index (Phi) is 3.51. The Morgan fingerprint density at radius 1 is 1.11 bits per heavy atom. The predicted octanol–water partition coefficient (Wildman–Crippen LogP) is 2.17. The summed E-state index contributed by atoms with van der Waals surface area (Å²) in [5.74, 6) is -2.09. The number of rotatable bonds is 3. The van der Waals surface area contributed by atoms with Crippen molar-refractivity contribution in [3.63, 3.8) is 0 Å². The number of carboxylic acid groups (broad SMARTS) is 1. The third-order valence-electron chi connectivity index (χ3n) is 2.36. The van der Waals surface area contributed by atoms with Crippen LogP contribution in [0.3, 0.4) is 0 Å². The van der Waals surface area contributed by atoms with Crippen LogP contribution in [0.4, 0.5) is 10.1 Å². The molecule has 0 aliphatic heterocycles. The van der Waals surface area contributed by atoms with Gasteiger partial charge in [0.05, 0.1) is 23.6 Å². The van der Waals surface area contributed by atoms with E-state index in [9.17, 15) is 14.0 Å². The second kappa shape index (κ2) is 5.26. The van der Waals surface area contributed by atoms with Crippen LogP contribution >= 0.6 is 0 Å². The van der Waals surface area contributed by atoms with Crippen molar-refractivity contribution in [2.75, 3.05) is 5.32 Å². The number of anilines is 1. The molecule has 1 amide bonds. The van der Waals surface area contributed by atoms with E-state index in [0.29, 0.717) is 0 Å². The molecule has 2 aromatic rings. The first-order chi connectivity index (χ1) is 9.06. The number of aromatic nitrogens is 1. The van der Waals surface area contributed by atoms with Gasteiger partial charge in [0.15, 0.2) is 0 Å². The second-order valence-electron chi connectivity index (χ2n) is 3.73. The van der Waals surface area contributed by atoms with Crippen LogP contribution in [-0.2, 0) is 0 Å². The molecule has 0 aliphatic carbocycles. The molecular formula is C13H9FN2O3. The van der Waals surface area contributed by atoms with Gasteiger partial charge in [-0.25, -0.2) is 9.18 Å². The maximum absolute atomic E-state index is 12.9. The third-order valence-corrected chi connectivity index (χ3v) is 2.36. The number of nitrogens with one attached hydrogen (secondary N) is 1. The number of carbonyl (C=O) groups excluding carboxylic acids is 1. The molecule has 1 heterocycles. The van der Waals surface area contributed by atoms with Crippen molar-refractivity contribution in [1.29, 1.82) is 0 Å². The molecule has 0 fully saturated rings. The SMILES string of the molecule is O=C(O)c1ccc(C(=O)Nc2cncc(F)c2)cc1. The van der Waals surface area contributed by atoms with Crippen LogP contribution in [0.15, 0.2) is 42.7 Å². The molecule has 0 spiro atoms. The summed E-state index contributed by atoms with van der Waals surface area (Å²) in [5.41, 5.74) is 0.588. The standard InChI is InChI=1S/C13H9FN2O3/c14-10-5-11(7-15-6-10)16-12(17)8-1-3-9(4-2-8)13(18)19/h1-7H,(H,16,17)(H,18,19). The molecule has 2 rings (SSSR count). The van der Waals surface area contributed by atoms with Crippen molar-refractivity contribution in [3.8, 4) is 0 Å². The van der Waals surface area contributed by atoms with E-state index in [1.54, 1.807) is 0 Å². The van der Waals surface area contributed by atoms with Crippen LogP contribution < -0.4 is 5.32 Å². The molecule has 0 atom stereocenters. The van der Waals surface area contributed by atoms with E-state index in [1.165, 1.54) is 30.5 Å². The van der Waals surface area contributed by atoms with Gasteiger partial charge < -0.3 is 10.4 Å². The van der Waals surface area contributed by atoms with Gasteiger partial charge in [0, 0.05) is 11.6 Å². The first-order valence-electron chi connectivity index (χ1n) is 5.31. The van der Waals surface area contributed by atoms with E-state index in [0.717, 1.165) is 12.3 Å². The zero-order valence-electron chi connectivity index (χ0n) is 9.63. The Morgan fingerprint density at radius 2 is 1.74 bits per heavy atom. The van der Waals surface area contributed by atoms with Gasteiger partial charge in [0.2, 0.25) is 0 Å². The molecule has 0 radical (unpaired) electrons. The number of halogens is 1. The Hall–Kier alpha value is -2.76. The van der Waals surface area contributed by atoms with Crippen LogP contribution in [0, 0.1) is 5.82 Å². The molecule has 1 aromatic heterocycles. The molecule has 1 aromatic carbocycles. The van der Waals surface area contributed by atoms with Crippen molar-refractivity contribution < 1.29 is 19.1 Å². The van der Waals surface area contributed by atoms with Gasteiger partial charge in [0.1, 0.15) is 5.82 Å². The maximum atomic E-state index is 12.9. The predicted molar refractivity (Wildman–Crippen MR) is 65.5 cm³/mol. The number of nitrogens with zero attached hydrogens (tertiary/aromatic N) is 1. The van der Waals surface area contributed by atoms with E-state index in [1.807, 2.05) is 0 Å². The lowest BCUT2D eigenvalue weighted by molar-refractivity contribution is 0.0696. The Bertz CT molecular complexity index is 626. The number of carboxylic acids is 1. The summed E-state index contributed by atoms with van der Waals surface area (Å²) in [6, 6.07) is 6.54. The highest BCUT2D eigenvalue weighted by Crippen LogP contribution is 2.10. The number of amides is 1. The Morgan fingerprint density at radius 3 is 2.32 bits per heavy atom. The summed E-state index contributed by atoms with van der Waals surface area (Å²) in [7, 11) is 0. The maximum Gasteiger partial charge on any atom is 0.335 e. The monoisotopic (exact) mass is 260 g/mol. The van der Waals surface area contributed by atoms with Crippen LogP contribution in [0.1, 0.15) is 20.7 Å². The second-order valence-corrected chi connectivity index (χ2v) is 3.73. The molecule has 6 heteroatoms. The molecule has 0 saturated carbocycles. The molecule has 0 bridgehead atoms. The lowest BCUT2D eigenvalue weighted by Crippen LogP contribution is -2.12. The smallest absolute Gasteiger partial charge is 0.335 e. The van der Waals surface area contributed by atoms with E-state index in [4.69, 9.17) is 5.11 Å². The van der Waals surface area contributed by atoms with Crippen molar-refractivity contribution >= 4 is 17.6 Å². The first kappa shape index (κ1) is 12.7. The fourth-order valence-electron chi connectivity index (χ4n) is 1.45. The summed E-state index contributed by atoms with van der Waals surface area (Å²) < 4.78 is 12.9. The number of benzene rings is 1. The molecule has 0 saturated heterocycles. The van der Waals surface area contributed by atoms with Crippen molar-refractivity contribution in [1.82, 2.24) is 4.98 Å². The Labute approximate surface area is 107 Å². The largest absolute Gasteiger partial charge is 0.478 e. The highest BCUT2D eigenvalue weighted by Gasteiger charge is 2.08. The van der Waals surface area contributed by atoms with E-state index >= 15 is 0 Å². The van der Waals surface area contributed by atoms with Gasteiger partial charge in [-0.2, -0.15) is 0 Å². The van der Waals surface area contributed by atoms with Gasteiger partial charge in [-0.3, -0.25) is 9.78 Å². The van der Waals surface area contributed by atoms with E-state index in [-0.39, 0.29) is 16.8 Å². The van der Waals surface area contributed by atoms with Gasteiger partial charge in [-0.15, -0.1) is 0 Å². The molecule has 0 aliphatic rings. The highest BCUT2D eigenvalue weighted by molar-refractivity contribution is 6.04. The topological polar surface area (TPSA) is 79.3 Å². The molecule has 19 heavy (non-hydrogen) atoms. The van der Waals surface area contributed by atoms with Gasteiger partial charge >= 0.3 is 5.97 Å². The van der Waals surface area contributed by atoms with Crippen LogP contribution in [0.2, 0.25) is 0 Å². The molecule has 0 unspecified atom stereocenters. The number of hydrogen-bond donors (Lipinski definition) is 2. The van der Waals surface area contributed by atoms with Crippen LogP contribution in [-0.4, -0.2) is 22.0 Å². The summed E-state index contributed by atoms with van der Waals surface area (Å²) in [5, 5.41) is 11.2. The van der Waals surface area contributed by atoms with Crippen molar-refractivity contribution in [3.05, 3.63) is 59.7 Å². The minimum Gasteiger partial charge on any atom is -0.478 e. The van der Waals surface area contributed by atoms with Crippen molar-refractivity contribution in [2.24, 2.45) is 0 Å². The summed E-state index contributed by atoms with van der Waals surface area (Å²) >= 11 is 0. The average Bonchev–Trinajstić information content (AvgIpc) is 2.39. The van der Waals surface area contributed by atoms with Gasteiger partial charge in [-0.1, -0.05) is 0 Å². The highest BCUT2D eigenvalue weighted by atomic mass is 19.1. The normalized spacial score (nSPS) is 9.95. The van der Waals surface area contributed by atoms with Crippen molar-refractivity contribution in [2.45, 2.75) is 0 Å². The fraction of sp³-hybridized carbons (Fsp3) is 0. The number of hydrogen-bond acceptors (Lipinski definition) is 3. The zero-order valence-corrected chi connectivity index (χ0v) is 9.63. The van der Waals surface area contributed by atoms with Gasteiger partial charge in [-0.05, 0) is 24.3 Å². The van der Waals surface area contributed by atoms with E-state index < -0.39 is 17.7 Å². The summed E-state index contributed by atoms with van der Waals surface area (Å²) in [4.78, 5) is 26.1. The summed E-state index contributed by atoms with van der Waals surface area (Å²) in [6.07, 6.45) is 2.34. The average molecular weight is 260 g/mol. The molecular weight excluding hydrogens is 251 g/mol. The number of aromatic carboxylic acids is 1. The Balaban J connectivity index is 2.14. The molecule has 5 nitrogen and oxygen atoms in total. The lowest BCUT2D eigenvalue weighted by Gasteiger charge is -2.05. The number of carbonyl (C=O) groups is 2. The summed E-state index contributed by atoms with van der Waals surface area (Å²) in [6.45, 7) is 0. The van der Waals surface area contributed by atoms with Crippen LogP contribution in [0.25, 0.3) is 0 Å². The van der Waals surface area contributed by atoms with E-state index in [2.05, 4.69) is 10.3 Å². The fourth-order valence-corrected chi connectivity index (χ4v) is 1.45. The minimum absolute atomic E-state index is 0.0870. The number of pyridine rings is 1.